The SMILES string of the molecule is CC1CCN(C(=O)CN2CCC[C@H](c3cccc(Nc4ccccn4)n3)C2)CC1. The Bertz CT molecular complexity index is 804. The Balaban J connectivity index is 1.35. The number of anilines is 2. The number of carbonyl (C=O) groups is 1. The third-order valence-electron chi connectivity index (χ3n) is 6.11. The molecule has 6 nitrogen and oxygen atoms in total. The number of likely N-dealkylation sites (tertiary alicyclic amines) is 2. The van der Waals surface area contributed by atoms with Crippen LogP contribution in [0.4, 0.5) is 11.6 Å². The maximum Gasteiger partial charge on any atom is 0.236 e. The van der Waals surface area contributed by atoms with E-state index in [4.69, 9.17) is 4.98 Å². The van der Waals surface area contributed by atoms with E-state index >= 15 is 0 Å². The molecule has 2 aromatic heterocycles. The number of carbonyl (C=O) groups excluding carboxylic acids is 1. The van der Waals surface area contributed by atoms with Gasteiger partial charge in [0.2, 0.25) is 5.91 Å². The number of nitrogens with one attached hydrogen (secondary N) is 1. The molecule has 29 heavy (non-hydrogen) atoms. The van der Waals surface area contributed by atoms with Crippen molar-refractivity contribution in [2.24, 2.45) is 5.92 Å². The van der Waals surface area contributed by atoms with Crippen LogP contribution in [-0.4, -0.2) is 58.4 Å². The van der Waals surface area contributed by atoms with E-state index in [2.05, 4.69) is 33.1 Å². The molecule has 2 aliphatic rings. The molecule has 1 amide bonds. The summed E-state index contributed by atoms with van der Waals surface area (Å²) < 4.78 is 0. The number of hydrogen-bond acceptors (Lipinski definition) is 5. The summed E-state index contributed by atoms with van der Waals surface area (Å²) >= 11 is 0. The molecule has 1 atom stereocenters. The van der Waals surface area contributed by atoms with Crippen molar-refractivity contribution < 1.29 is 4.79 Å². The van der Waals surface area contributed by atoms with Gasteiger partial charge in [0.15, 0.2) is 0 Å². The summed E-state index contributed by atoms with van der Waals surface area (Å²) in [5, 5.41) is 3.28. The second-order valence-corrected chi connectivity index (χ2v) is 8.43. The summed E-state index contributed by atoms with van der Waals surface area (Å²) in [7, 11) is 0. The van der Waals surface area contributed by atoms with E-state index in [1.165, 1.54) is 0 Å². The molecule has 2 fully saturated rings. The third kappa shape index (κ3) is 5.32. The van der Waals surface area contributed by atoms with Crippen LogP contribution in [0.5, 0.6) is 0 Å². The smallest absolute Gasteiger partial charge is 0.236 e. The molecule has 1 N–H and O–H groups in total. The van der Waals surface area contributed by atoms with Crippen molar-refractivity contribution in [3.63, 3.8) is 0 Å². The lowest BCUT2D eigenvalue weighted by Gasteiger charge is -2.35. The molecule has 4 heterocycles. The van der Waals surface area contributed by atoms with Gasteiger partial charge in [-0.1, -0.05) is 19.1 Å². The predicted molar refractivity (Wildman–Crippen MR) is 115 cm³/mol. The van der Waals surface area contributed by atoms with Crippen molar-refractivity contribution >= 4 is 17.5 Å². The highest BCUT2D eigenvalue weighted by Gasteiger charge is 2.27. The molecule has 154 valence electrons. The minimum absolute atomic E-state index is 0.288. The average molecular weight is 394 g/mol. The molecule has 4 rings (SSSR count). The van der Waals surface area contributed by atoms with E-state index in [1.54, 1.807) is 6.20 Å². The molecule has 0 bridgehead atoms. The minimum atomic E-state index is 0.288. The van der Waals surface area contributed by atoms with Crippen molar-refractivity contribution in [2.45, 2.75) is 38.5 Å². The number of pyridine rings is 2. The van der Waals surface area contributed by atoms with Gasteiger partial charge in [-0.2, -0.15) is 0 Å². The fourth-order valence-electron chi connectivity index (χ4n) is 4.31. The van der Waals surface area contributed by atoms with E-state index in [0.29, 0.717) is 12.5 Å². The van der Waals surface area contributed by atoms with Gasteiger partial charge in [0, 0.05) is 37.4 Å². The largest absolute Gasteiger partial charge is 0.342 e. The Morgan fingerprint density at radius 2 is 1.90 bits per heavy atom. The van der Waals surface area contributed by atoms with Gasteiger partial charge in [-0.3, -0.25) is 9.69 Å². The third-order valence-corrected chi connectivity index (χ3v) is 6.11. The number of hydrogen-bond donors (Lipinski definition) is 1. The van der Waals surface area contributed by atoms with Gasteiger partial charge in [0.1, 0.15) is 11.6 Å². The summed E-state index contributed by atoms with van der Waals surface area (Å²) in [5.74, 6) is 3.01. The topological polar surface area (TPSA) is 61.4 Å². The van der Waals surface area contributed by atoms with Crippen molar-refractivity contribution in [3.8, 4) is 0 Å². The first-order valence-electron chi connectivity index (χ1n) is 10.8. The summed E-state index contributed by atoms with van der Waals surface area (Å²) in [5.41, 5.74) is 1.09. The van der Waals surface area contributed by atoms with Gasteiger partial charge in [-0.15, -0.1) is 0 Å². The van der Waals surface area contributed by atoms with Gasteiger partial charge in [-0.25, -0.2) is 9.97 Å². The quantitative estimate of drug-likeness (QED) is 0.840. The zero-order valence-electron chi connectivity index (χ0n) is 17.3. The first kappa shape index (κ1) is 19.8. The Kier molecular flexibility index (Phi) is 6.39. The van der Waals surface area contributed by atoms with Crippen molar-refractivity contribution in [1.82, 2.24) is 19.8 Å². The average Bonchev–Trinajstić information content (AvgIpc) is 2.75. The molecule has 2 saturated heterocycles. The van der Waals surface area contributed by atoms with Crippen molar-refractivity contribution in [3.05, 3.63) is 48.3 Å². The lowest BCUT2D eigenvalue weighted by atomic mass is 9.94. The summed E-state index contributed by atoms with van der Waals surface area (Å²) in [6.07, 6.45) is 6.26. The summed E-state index contributed by atoms with van der Waals surface area (Å²) in [4.78, 5) is 26.2. The lowest BCUT2D eigenvalue weighted by Crippen LogP contribution is -2.46. The van der Waals surface area contributed by atoms with Crippen LogP contribution in [0.1, 0.15) is 44.2 Å². The van der Waals surface area contributed by atoms with Crippen LogP contribution < -0.4 is 5.32 Å². The van der Waals surface area contributed by atoms with E-state index in [9.17, 15) is 4.79 Å². The Labute approximate surface area is 173 Å². The van der Waals surface area contributed by atoms with Crippen LogP contribution in [0.15, 0.2) is 42.6 Å². The molecule has 0 radical (unpaired) electrons. The molecule has 2 aromatic rings. The van der Waals surface area contributed by atoms with Crippen LogP contribution in [0.2, 0.25) is 0 Å². The zero-order chi connectivity index (χ0) is 20.1. The van der Waals surface area contributed by atoms with Gasteiger partial charge >= 0.3 is 0 Å². The second kappa shape index (κ2) is 9.35. The molecular weight excluding hydrogens is 362 g/mol. The number of piperidine rings is 2. The first-order chi connectivity index (χ1) is 14.2. The molecule has 0 aromatic carbocycles. The van der Waals surface area contributed by atoms with E-state index in [1.807, 2.05) is 30.3 Å². The van der Waals surface area contributed by atoms with Crippen LogP contribution in [-0.2, 0) is 4.79 Å². The number of aromatic nitrogens is 2. The molecule has 6 heteroatoms. The molecule has 0 aliphatic carbocycles. The maximum atomic E-state index is 12.7. The molecule has 0 unspecified atom stereocenters. The van der Waals surface area contributed by atoms with Gasteiger partial charge in [0.05, 0.1) is 6.54 Å². The molecule has 2 aliphatic heterocycles. The van der Waals surface area contributed by atoms with Crippen molar-refractivity contribution in [2.75, 3.05) is 38.0 Å². The van der Waals surface area contributed by atoms with E-state index in [0.717, 1.165) is 75.1 Å². The monoisotopic (exact) mass is 393 g/mol. The van der Waals surface area contributed by atoms with Gasteiger partial charge < -0.3 is 10.2 Å². The molecule has 0 spiro atoms. The summed E-state index contributed by atoms with van der Waals surface area (Å²) in [6, 6.07) is 11.9. The lowest BCUT2D eigenvalue weighted by molar-refractivity contribution is -0.134. The van der Waals surface area contributed by atoms with Gasteiger partial charge in [0.25, 0.3) is 0 Å². The Hall–Kier alpha value is -2.47. The van der Waals surface area contributed by atoms with E-state index in [-0.39, 0.29) is 5.91 Å². The van der Waals surface area contributed by atoms with E-state index < -0.39 is 0 Å². The summed E-state index contributed by atoms with van der Waals surface area (Å²) in [6.45, 7) is 6.55. The highest BCUT2D eigenvalue weighted by Crippen LogP contribution is 2.27. The number of amides is 1. The fourth-order valence-corrected chi connectivity index (χ4v) is 4.31. The molecular formula is C23H31N5O. The first-order valence-corrected chi connectivity index (χ1v) is 10.8. The number of rotatable bonds is 5. The minimum Gasteiger partial charge on any atom is -0.342 e. The standard InChI is InChI=1S/C23H31N5O/c1-18-10-14-28(15-11-18)23(29)17-27-13-5-6-19(16-27)20-7-4-9-22(25-20)26-21-8-2-3-12-24-21/h2-4,7-9,12,18-19H,5-6,10-11,13-17H2,1H3,(H,24,25,26)/t19-/m0/s1. The zero-order valence-corrected chi connectivity index (χ0v) is 17.3. The van der Waals surface area contributed by atoms with Crippen LogP contribution in [0.3, 0.4) is 0 Å². The highest BCUT2D eigenvalue weighted by atomic mass is 16.2. The van der Waals surface area contributed by atoms with Crippen LogP contribution in [0.25, 0.3) is 0 Å². The Morgan fingerprint density at radius 1 is 1.07 bits per heavy atom. The molecule has 0 saturated carbocycles. The predicted octanol–water partition coefficient (Wildman–Crippen LogP) is 3.66. The second-order valence-electron chi connectivity index (χ2n) is 8.43. The maximum absolute atomic E-state index is 12.7. The van der Waals surface area contributed by atoms with Crippen molar-refractivity contribution in [1.29, 1.82) is 0 Å². The Morgan fingerprint density at radius 3 is 2.69 bits per heavy atom. The fraction of sp³-hybridized carbons (Fsp3) is 0.522. The highest BCUT2D eigenvalue weighted by molar-refractivity contribution is 5.78. The normalized spacial score (nSPS) is 21.1. The van der Waals surface area contributed by atoms with Gasteiger partial charge in [-0.05, 0) is 62.4 Å². The number of nitrogens with zero attached hydrogens (tertiary/aromatic N) is 4. The van der Waals surface area contributed by atoms with Crippen LogP contribution in [0, 0.1) is 5.92 Å². The van der Waals surface area contributed by atoms with Crippen LogP contribution >= 0.6 is 0 Å².